The highest BCUT2D eigenvalue weighted by atomic mass is 16.1. The van der Waals surface area contributed by atoms with Gasteiger partial charge in [0.15, 0.2) is 0 Å². The monoisotopic (exact) mass is 235 g/mol. The third-order valence-corrected chi connectivity index (χ3v) is 5.84. The first-order chi connectivity index (χ1) is 8.23. The van der Waals surface area contributed by atoms with E-state index < -0.39 is 0 Å². The van der Waals surface area contributed by atoms with Gasteiger partial charge in [0.25, 0.3) is 0 Å². The van der Waals surface area contributed by atoms with E-state index in [2.05, 4.69) is 12.2 Å². The SMILES string of the molecule is CCC1(C(=O)CC2CC3CCC2C3)CCNC1. The molecule has 1 aliphatic heterocycles. The molecule has 4 unspecified atom stereocenters. The zero-order valence-corrected chi connectivity index (χ0v) is 11.0. The number of ketones is 1. The molecular weight excluding hydrogens is 210 g/mol. The van der Waals surface area contributed by atoms with Crippen LogP contribution in [0.15, 0.2) is 0 Å². The van der Waals surface area contributed by atoms with Crippen LogP contribution in [0.25, 0.3) is 0 Å². The summed E-state index contributed by atoms with van der Waals surface area (Å²) in [6.45, 7) is 4.16. The minimum absolute atomic E-state index is 0.00182. The summed E-state index contributed by atoms with van der Waals surface area (Å²) < 4.78 is 0. The van der Waals surface area contributed by atoms with E-state index in [9.17, 15) is 4.79 Å². The molecule has 0 radical (unpaired) electrons. The highest BCUT2D eigenvalue weighted by molar-refractivity contribution is 5.85. The normalized spacial score (nSPS) is 44.4. The van der Waals surface area contributed by atoms with Gasteiger partial charge in [-0.2, -0.15) is 0 Å². The molecule has 2 saturated carbocycles. The van der Waals surface area contributed by atoms with Gasteiger partial charge < -0.3 is 5.32 Å². The van der Waals surface area contributed by atoms with Crippen molar-refractivity contribution < 1.29 is 4.79 Å². The number of hydrogen-bond donors (Lipinski definition) is 1. The molecule has 0 aromatic carbocycles. The highest BCUT2D eigenvalue weighted by Gasteiger charge is 2.44. The van der Waals surface area contributed by atoms with E-state index in [1.54, 1.807) is 0 Å². The van der Waals surface area contributed by atoms with E-state index in [0.29, 0.717) is 5.78 Å². The van der Waals surface area contributed by atoms with Gasteiger partial charge in [-0.1, -0.05) is 13.3 Å². The van der Waals surface area contributed by atoms with Crippen LogP contribution in [-0.4, -0.2) is 18.9 Å². The van der Waals surface area contributed by atoms with Crippen molar-refractivity contribution in [2.45, 2.75) is 51.9 Å². The van der Waals surface area contributed by atoms with Crippen molar-refractivity contribution in [3.63, 3.8) is 0 Å². The maximum atomic E-state index is 12.6. The van der Waals surface area contributed by atoms with Crippen LogP contribution in [0.2, 0.25) is 0 Å². The maximum Gasteiger partial charge on any atom is 0.140 e. The third kappa shape index (κ3) is 1.95. The van der Waals surface area contributed by atoms with Crippen molar-refractivity contribution in [1.29, 1.82) is 0 Å². The van der Waals surface area contributed by atoms with Crippen LogP contribution in [0.4, 0.5) is 0 Å². The molecular formula is C15H25NO. The van der Waals surface area contributed by atoms with Crippen molar-refractivity contribution in [2.75, 3.05) is 13.1 Å². The number of Topliss-reactive ketones (excluding diaryl/α,β-unsaturated/α-hetero) is 1. The molecule has 1 saturated heterocycles. The topological polar surface area (TPSA) is 29.1 Å². The van der Waals surface area contributed by atoms with E-state index in [4.69, 9.17) is 0 Å². The summed E-state index contributed by atoms with van der Waals surface area (Å²) in [5, 5.41) is 3.38. The first-order valence-electron chi connectivity index (χ1n) is 7.47. The van der Waals surface area contributed by atoms with Crippen LogP contribution in [0.5, 0.6) is 0 Å². The van der Waals surface area contributed by atoms with Crippen molar-refractivity contribution in [3.8, 4) is 0 Å². The lowest BCUT2D eigenvalue weighted by Crippen LogP contribution is -2.34. The van der Waals surface area contributed by atoms with Gasteiger partial charge in [0.2, 0.25) is 0 Å². The predicted octanol–water partition coefficient (Wildman–Crippen LogP) is 2.77. The summed E-state index contributed by atoms with van der Waals surface area (Å²) in [7, 11) is 0. The fourth-order valence-corrected chi connectivity index (χ4v) is 4.56. The molecule has 3 fully saturated rings. The van der Waals surface area contributed by atoms with E-state index in [-0.39, 0.29) is 5.41 Å². The summed E-state index contributed by atoms with van der Waals surface area (Å²) in [4.78, 5) is 12.6. The fourth-order valence-electron chi connectivity index (χ4n) is 4.56. The third-order valence-electron chi connectivity index (χ3n) is 5.84. The van der Waals surface area contributed by atoms with Crippen LogP contribution in [-0.2, 0) is 4.79 Å². The lowest BCUT2D eigenvalue weighted by Gasteiger charge is -2.29. The van der Waals surface area contributed by atoms with Crippen molar-refractivity contribution in [3.05, 3.63) is 0 Å². The lowest BCUT2D eigenvalue weighted by atomic mass is 9.74. The zero-order chi connectivity index (χ0) is 11.9. The predicted molar refractivity (Wildman–Crippen MR) is 68.8 cm³/mol. The lowest BCUT2D eigenvalue weighted by molar-refractivity contribution is -0.129. The minimum Gasteiger partial charge on any atom is -0.316 e. The molecule has 0 aromatic rings. The average molecular weight is 235 g/mol. The Hall–Kier alpha value is -0.370. The van der Waals surface area contributed by atoms with E-state index in [1.807, 2.05) is 0 Å². The van der Waals surface area contributed by atoms with E-state index in [1.165, 1.54) is 25.7 Å². The Balaban J connectivity index is 1.63. The van der Waals surface area contributed by atoms with Crippen LogP contribution in [0, 0.1) is 23.2 Å². The van der Waals surface area contributed by atoms with Gasteiger partial charge in [0, 0.05) is 18.4 Å². The molecule has 1 N–H and O–H groups in total. The number of nitrogens with one attached hydrogen (secondary N) is 1. The number of carbonyl (C=O) groups is 1. The standard InChI is InChI=1S/C15H25NO/c1-2-15(5-6-16-10-15)14(17)9-13-8-11-3-4-12(13)7-11/h11-13,16H,2-10H2,1H3. The molecule has 4 atom stereocenters. The van der Waals surface area contributed by atoms with Crippen LogP contribution >= 0.6 is 0 Å². The van der Waals surface area contributed by atoms with Crippen LogP contribution < -0.4 is 5.32 Å². The Bertz CT molecular complexity index is 306. The number of carbonyl (C=O) groups excluding carboxylic acids is 1. The summed E-state index contributed by atoms with van der Waals surface area (Å²) in [6, 6.07) is 0. The second kappa shape index (κ2) is 4.38. The first kappa shape index (κ1) is 11.7. The largest absolute Gasteiger partial charge is 0.316 e. The van der Waals surface area contributed by atoms with Crippen LogP contribution in [0.1, 0.15) is 51.9 Å². The average Bonchev–Trinajstić information content (AvgIpc) is 3.05. The second-order valence-corrected chi connectivity index (χ2v) is 6.62. The van der Waals surface area contributed by atoms with Gasteiger partial charge in [0.05, 0.1) is 0 Å². The summed E-state index contributed by atoms with van der Waals surface area (Å²) in [5.74, 6) is 3.18. The Morgan fingerprint density at radius 3 is 2.76 bits per heavy atom. The van der Waals surface area contributed by atoms with Gasteiger partial charge in [0.1, 0.15) is 5.78 Å². The Morgan fingerprint density at radius 2 is 2.24 bits per heavy atom. The minimum atomic E-state index is 0.00182. The van der Waals surface area contributed by atoms with Crippen molar-refractivity contribution in [2.24, 2.45) is 23.2 Å². The molecule has 0 aromatic heterocycles. The maximum absolute atomic E-state index is 12.6. The Kier molecular flexibility index (Phi) is 3.02. The number of hydrogen-bond acceptors (Lipinski definition) is 2. The fraction of sp³-hybridized carbons (Fsp3) is 0.933. The zero-order valence-electron chi connectivity index (χ0n) is 11.0. The molecule has 0 amide bonds. The molecule has 17 heavy (non-hydrogen) atoms. The molecule has 1 heterocycles. The van der Waals surface area contributed by atoms with Gasteiger partial charge in [-0.15, -0.1) is 0 Å². The summed E-state index contributed by atoms with van der Waals surface area (Å²) in [5.41, 5.74) is 0.00182. The van der Waals surface area contributed by atoms with E-state index >= 15 is 0 Å². The molecule has 2 nitrogen and oxygen atoms in total. The number of fused-ring (bicyclic) bond motifs is 2. The van der Waals surface area contributed by atoms with Gasteiger partial charge in [-0.25, -0.2) is 0 Å². The Labute approximate surface area is 105 Å². The quantitative estimate of drug-likeness (QED) is 0.812. The molecule has 2 aliphatic carbocycles. The second-order valence-electron chi connectivity index (χ2n) is 6.62. The molecule has 96 valence electrons. The summed E-state index contributed by atoms with van der Waals surface area (Å²) >= 11 is 0. The van der Waals surface area contributed by atoms with Crippen molar-refractivity contribution in [1.82, 2.24) is 5.32 Å². The molecule has 0 spiro atoms. The number of rotatable bonds is 4. The molecule has 3 aliphatic rings. The van der Waals surface area contributed by atoms with E-state index in [0.717, 1.165) is 50.1 Å². The molecule has 3 rings (SSSR count). The summed E-state index contributed by atoms with van der Waals surface area (Å²) in [6.07, 6.45) is 8.61. The van der Waals surface area contributed by atoms with Gasteiger partial charge in [-0.3, -0.25) is 4.79 Å². The smallest absolute Gasteiger partial charge is 0.140 e. The van der Waals surface area contributed by atoms with Crippen LogP contribution in [0.3, 0.4) is 0 Å². The first-order valence-corrected chi connectivity index (χ1v) is 7.47. The molecule has 2 heteroatoms. The highest BCUT2D eigenvalue weighted by Crippen LogP contribution is 2.50. The van der Waals surface area contributed by atoms with Gasteiger partial charge in [-0.05, 0) is 56.4 Å². The molecule has 2 bridgehead atoms. The van der Waals surface area contributed by atoms with Crippen molar-refractivity contribution >= 4 is 5.78 Å². The van der Waals surface area contributed by atoms with Gasteiger partial charge >= 0.3 is 0 Å². The Morgan fingerprint density at radius 1 is 1.35 bits per heavy atom.